The van der Waals surface area contributed by atoms with E-state index in [-0.39, 0.29) is 11.6 Å². The van der Waals surface area contributed by atoms with E-state index >= 15 is 0 Å². The zero-order valence-corrected chi connectivity index (χ0v) is 13.7. The lowest BCUT2D eigenvalue weighted by molar-refractivity contribution is -0.0252. The standard InChI is InChI=1S/C17H26N2O2/c1-6-10-18-15(20)19(14-9-7-8-13(2)11-14)17(5,21)12-16(18,3)4/h7-9,11,21H,6,10,12H2,1-5H3/t17-/m0/s1. The van der Waals surface area contributed by atoms with Gasteiger partial charge in [-0.1, -0.05) is 19.1 Å². The second-order valence-electron chi connectivity index (χ2n) is 6.81. The molecule has 21 heavy (non-hydrogen) atoms. The van der Waals surface area contributed by atoms with Crippen molar-refractivity contribution in [3.63, 3.8) is 0 Å². The van der Waals surface area contributed by atoms with Crippen LogP contribution in [0.25, 0.3) is 0 Å². The van der Waals surface area contributed by atoms with Crippen LogP contribution in [-0.4, -0.2) is 33.8 Å². The highest BCUT2D eigenvalue weighted by molar-refractivity contribution is 5.94. The van der Waals surface area contributed by atoms with Gasteiger partial charge in [0, 0.05) is 24.2 Å². The molecule has 2 amide bonds. The first-order valence-electron chi connectivity index (χ1n) is 7.60. The van der Waals surface area contributed by atoms with E-state index in [1.807, 2.05) is 49.9 Å². The normalized spacial score (nSPS) is 25.3. The van der Waals surface area contributed by atoms with Crippen LogP contribution < -0.4 is 4.90 Å². The Kier molecular flexibility index (Phi) is 4.02. The Hall–Kier alpha value is -1.55. The van der Waals surface area contributed by atoms with Crippen molar-refractivity contribution in [1.82, 2.24) is 4.90 Å². The van der Waals surface area contributed by atoms with Gasteiger partial charge in [-0.2, -0.15) is 0 Å². The fraction of sp³-hybridized carbons (Fsp3) is 0.588. The zero-order chi connectivity index (χ0) is 15.8. The van der Waals surface area contributed by atoms with Crippen LogP contribution >= 0.6 is 0 Å². The molecule has 0 spiro atoms. The monoisotopic (exact) mass is 290 g/mol. The molecule has 116 valence electrons. The van der Waals surface area contributed by atoms with Crippen LogP contribution in [0.5, 0.6) is 0 Å². The van der Waals surface area contributed by atoms with Crippen molar-refractivity contribution < 1.29 is 9.90 Å². The molecule has 0 aliphatic carbocycles. The highest BCUT2D eigenvalue weighted by atomic mass is 16.3. The minimum atomic E-state index is -1.18. The number of anilines is 1. The smallest absolute Gasteiger partial charge is 0.327 e. The van der Waals surface area contributed by atoms with Gasteiger partial charge in [0.05, 0.1) is 0 Å². The first-order valence-corrected chi connectivity index (χ1v) is 7.60. The Balaban J connectivity index is 2.46. The summed E-state index contributed by atoms with van der Waals surface area (Å²) >= 11 is 0. The Morgan fingerprint density at radius 3 is 2.52 bits per heavy atom. The van der Waals surface area contributed by atoms with Gasteiger partial charge in [0.2, 0.25) is 0 Å². The molecule has 1 fully saturated rings. The summed E-state index contributed by atoms with van der Waals surface area (Å²) in [6.07, 6.45) is 1.42. The molecule has 1 heterocycles. The van der Waals surface area contributed by atoms with Crippen molar-refractivity contribution in [2.24, 2.45) is 0 Å². The predicted molar refractivity (Wildman–Crippen MR) is 85.4 cm³/mol. The quantitative estimate of drug-likeness (QED) is 0.925. The summed E-state index contributed by atoms with van der Waals surface area (Å²) in [5, 5.41) is 10.8. The van der Waals surface area contributed by atoms with Gasteiger partial charge < -0.3 is 10.0 Å². The summed E-state index contributed by atoms with van der Waals surface area (Å²) < 4.78 is 0. The average Bonchev–Trinajstić information content (AvgIpc) is 2.32. The molecule has 1 aliphatic heterocycles. The second-order valence-corrected chi connectivity index (χ2v) is 6.81. The third kappa shape index (κ3) is 2.91. The van der Waals surface area contributed by atoms with Crippen molar-refractivity contribution >= 4 is 11.7 Å². The topological polar surface area (TPSA) is 43.8 Å². The lowest BCUT2D eigenvalue weighted by Crippen LogP contribution is -2.68. The van der Waals surface area contributed by atoms with E-state index < -0.39 is 5.72 Å². The van der Waals surface area contributed by atoms with Crippen molar-refractivity contribution in [2.45, 2.75) is 58.7 Å². The highest BCUT2D eigenvalue weighted by Gasteiger charge is 2.50. The molecule has 1 aliphatic rings. The largest absolute Gasteiger partial charge is 0.371 e. The van der Waals surface area contributed by atoms with Crippen molar-refractivity contribution in [3.8, 4) is 0 Å². The second kappa shape index (κ2) is 5.34. The van der Waals surface area contributed by atoms with E-state index in [1.165, 1.54) is 4.90 Å². The van der Waals surface area contributed by atoms with Gasteiger partial charge in [0.1, 0.15) is 5.72 Å². The van der Waals surface area contributed by atoms with Crippen LogP contribution in [0.3, 0.4) is 0 Å². The highest BCUT2D eigenvalue weighted by Crippen LogP contribution is 2.38. The lowest BCUT2D eigenvalue weighted by Gasteiger charge is -2.53. The van der Waals surface area contributed by atoms with E-state index in [4.69, 9.17) is 0 Å². The van der Waals surface area contributed by atoms with Crippen LogP contribution in [-0.2, 0) is 0 Å². The summed E-state index contributed by atoms with van der Waals surface area (Å²) in [6, 6.07) is 7.60. The number of aryl methyl sites for hydroxylation is 1. The average molecular weight is 290 g/mol. The van der Waals surface area contributed by atoms with Gasteiger partial charge in [0.25, 0.3) is 0 Å². The number of carbonyl (C=O) groups is 1. The number of amides is 2. The van der Waals surface area contributed by atoms with Crippen molar-refractivity contribution in [2.75, 3.05) is 11.4 Å². The van der Waals surface area contributed by atoms with Gasteiger partial charge in [-0.05, 0) is 51.8 Å². The molecule has 4 heteroatoms. The maximum absolute atomic E-state index is 13.0. The Morgan fingerprint density at radius 2 is 1.95 bits per heavy atom. The number of aliphatic hydroxyl groups is 1. The van der Waals surface area contributed by atoms with E-state index in [2.05, 4.69) is 6.92 Å². The molecular formula is C17H26N2O2. The van der Waals surface area contributed by atoms with Gasteiger partial charge in [-0.15, -0.1) is 0 Å². The van der Waals surface area contributed by atoms with Crippen LogP contribution in [0.4, 0.5) is 10.5 Å². The molecule has 0 radical (unpaired) electrons. The molecular weight excluding hydrogens is 264 g/mol. The summed E-state index contributed by atoms with van der Waals surface area (Å²) in [5.74, 6) is 0. The molecule has 2 rings (SSSR count). The zero-order valence-electron chi connectivity index (χ0n) is 13.7. The third-order valence-corrected chi connectivity index (χ3v) is 4.11. The number of hydrogen-bond donors (Lipinski definition) is 1. The molecule has 0 unspecified atom stereocenters. The van der Waals surface area contributed by atoms with Crippen LogP contribution in [0.15, 0.2) is 24.3 Å². The molecule has 1 aromatic rings. The van der Waals surface area contributed by atoms with E-state index in [1.54, 1.807) is 6.92 Å². The van der Waals surface area contributed by atoms with Crippen LogP contribution in [0, 0.1) is 6.92 Å². The van der Waals surface area contributed by atoms with Crippen molar-refractivity contribution in [3.05, 3.63) is 29.8 Å². The lowest BCUT2D eigenvalue weighted by atomic mass is 9.87. The third-order valence-electron chi connectivity index (χ3n) is 4.11. The molecule has 0 aromatic heterocycles. The number of rotatable bonds is 3. The molecule has 4 nitrogen and oxygen atoms in total. The fourth-order valence-electron chi connectivity index (χ4n) is 3.36. The number of benzene rings is 1. The maximum Gasteiger partial charge on any atom is 0.327 e. The first kappa shape index (κ1) is 15.8. The Bertz CT molecular complexity index is 537. The fourth-order valence-corrected chi connectivity index (χ4v) is 3.36. The molecule has 0 saturated carbocycles. The Morgan fingerprint density at radius 1 is 1.29 bits per heavy atom. The summed E-state index contributed by atoms with van der Waals surface area (Å²) in [5.41, 5.74) is 0.291. The number of hydrogen-bond acceptors (Lipinski definition) is 2. The first-order chi connectivity index (χ1) is 9.69. The molecule has 0 bridgehead atoms. The van der Waals surface area contributed by atoms with E-state index in [0.29, 0.717) is 13.0 Å². The van der Waals surface area contributed by atoms with Gasteiger partial charge in [-0.3, -0.25) is 4.90 Å². The van der Waals surface area contributed by atoms with Crippen LogP contribution in [0.2, 0.25) is 0 Å². The minimum absolute atomic E-state index is 0.122. The predicted octanol–water partition coefficient (Wildman–Crippen LogP) is 3.52. The number of urea groups is 1. The molecule has 1 saturated heterocycles. The van der Waals surface area contributed by atoms with E-state index in [0.717, 1.165) is 17.7 Å². The SMILES string of the molecule is CCCN1C(=O)N(c2cccc(C)c2)[C@@](C)(O)CC1(C)C. The molecule has 1 atom stereocenters. The van der Waals surface area contributed by atoms with Gasteiger partial charge >= 0.3 is 6.03 Å². The minimum Gasteiger partial charge on any atom is -0.371 e. The van der Waals surface area contributed by atoms with Crippen LogP contribution in [0.1, 0.15) is 46.1 Å². The van der Waals surface area contributed by atoms with Gasteiger partial charge in [0.15, 0.2) is 0 Å². The van der Waals surface area contributed by atoms with E-state index in [9.17, 15) is 9.90 Å². The summed E-state index contributed by atoms with van der Waals surface area (Å²) in [7, 11) is 0. The number of nitrogens with zero attached hydrogens (tertiary/aromatic N) is 2. The number of carbonyl (C=O) groups excluding carboxylic acids is 1. The molecule has 1 aromatic carbocycles. The summed E-state index contributed by atoms with van der Waals surface area (Å²) in [4.78, 5) is 16.3. The van der Waals surface area contributed by atoms with Crippen molar-refractivity contribution in [1.29, 1.82) is 0 Å². The Labute approximate surface area is 127 Å². The summed E-state index contributed by atoms with van der Waals surface area (Å²) in [6.45, 7) is 10.5. The van der Waals surface area contributed by atoms with Gasteiger partial charge in [-0.25, -0.2) is 4.79 Å². The maximum atomic E-state index is 13.0. The molecule has 1 N–H and O–H groups in total.